The van der Waals surface area contributed by atoms with Crippen molar-refractivity contribution < 1.29 is 4.74 Å². The molecule has 0 unspecified atom stereocenters. The molecule has 0 fully saturated rings. The molecule has 0 bridgehead atoms. The fourth-order valence-corrected chi connectivity index (χ4v) is 2.40. The molecule has 1 heterocycles. The molecule has 1 aromatic carbocycles. The molecule has 100 valence electrons. The van der Waals surface area contributed by atoms with Crippen molar-refractivity contribution in [2.75, 3.05) is 12.3 Å². The van der Waals surface area contributed by atoms with Crippen LogP contribution in [0.15, 0.2) is 35.7 Å². The van der Waals surface area contributed by atoms with Crippen molar-refractivity contribution >= 4 is 17.0 Å². The van der Waals surface area contributed by atoms with Gasteiger partial charge in [0.1, 0.15) is 12.4 Å². The summed E-state index contributed by atoms with van der Waals surface area (Å²) in [6, 6.07) is 5.78. The monoisotopic (exact) mass is 274 g/mol. The zero-order valence-corrected chi connectivity index (χ0v) is 12.1. The van der Waals surface area contributed by atoms with Crippen molar-refractivity contribution in [1.82, 2.24) is 4.98 Å². The van der Waals surface area contributed by atoms with Gasteiger partial charge in [-0.2, -0.15) is 0 Å². The number of aryl methyl sites for hydroxylation is 1. The van der Waals surface area contributed by atoms with E-state index < -0.39 is 0 Å². The van der Waals surface area contributed by atoms with E-state index in [1.54, 1.807) is 11.3 Å². The van der Waals surface area contributed by atoms with Crippen LogP contribution < -0.4 is 10.5 Å². The average Bonchev–Trinajstić information content (AvgIpc) is 2.85. The van der Waals surface area contributed by atoms with E-state index in [-0.39, 0.29) is 0 Å². The number of benzene rings is 1. The lowest BCUT2D eigenvalue weighted by molar-refractivity contribution is 0.354. The molecule has 0 amide bonds. The molecule has 0 aliphatic heterocycles. The van der Waals surface area contributed by atoms with Crippen LogP contribution in [-0.4, -0.2) is 11.6 Å². The largest absolute Gasteiger partial charge is 0.487 e. The minimum atomic E-state index is 0.486. The molecule has 2 N–H and O–H groups in total. The Morgan fingerprint density at radius 3 is 2.84 bits per heavy atom. The number of nitrogens with zero attached hydrogens (tertiary/aromatic N) is 1. The lowest BCUT2D eigenvalue weighted by Gasteiger charge is -2.09. The van der Waals surface area contributed by atoms with Crippen molar-refractivity contribution in [3.63, 3.8) is 0 Å². The van der Waals surface area contributed by atoms with Gasteiger partial charge in [0.05, 0.1) is 16.4 Å². The maximum atomic E-state index is 6.01. The number of nitrogens with two attached hydrogens (primary N) is 1. The molecule has 0 radical (unpaired) electrons. The van der Waals surface area contributed by atoms with E-state index in [4.69, 9.17) is 10.5 Å². The Hall–Kier alpha value is -1.81. The van der Waals surface area contributed by atoms with Crippen LogP contribution >= 0.6 is 11.3 Å². The second kappa shape index (κ2) is 5.89. The quantitative estimate of drug-likeness (QED) is 0.664. The predicted molar refractivity (Wildman–Crippen MR) is 81.6 cm³/mol. The first-order chi connectivity index (χ1) is 9.10. The molecular formula is C15H18N2OS. The van der Waals surface area contributed by atoms with Gasteiger partial charge >= 0.3 is 0 Å². The summed E-state index contributed by atoms with van der Waals surface area (Å²) in [6.07, 6.45) is 0.958. The average molecular weight is 274 g/mol. The summed E-state index contributed by atoms with van der Waals surface area (Å²) in [7, 11) is 0. The number of rotatable bonds is 5. The summed E-state index contributed by atoms with van der Waals surface area (Å²) in [5.41, 5.74) is 9.60. The number of hydrogen-bond acceptors (Lipinski definition) is 4. The smallest absolute Gasteiger partial charge is 0.142 e. The number of hydrogen-bond donors (Lipinski definition) is 1. The fraction of sp³-hybridized carbons (Fsp3) is 0.267. The number of anilines is 1. The van der Waals surface area contributed by atoms with Gasteiger partial charge in [0.2, 0.25) is 0 Å². The van der Waals surface area contributed by atoms with Gasteiger partial charge in [0.25, 0.3) is 0 Å². The topological polar surface area (TPSA) is 48.1 Å². The summed E-state index contributed by atoms with van der Waals surface area (Å²) in [6.45, 7) is 8.31. The van der Waals surface area contributed by atoms with Crippen LogP contribution in [0.25, 0.3) is 11.3 Å². The normalized spacial score (nSPS) is 10.4. The van der Waals surface area contributed by atoms with E-state index in [2.05, 4.69) is 23.9 Å². The van der Waals surface area contributed by atoms with Crippen molar-refractivity contribution in [1.29, 1.82) is 0 Å². The third kappa shape index (κ3) is 3.35. The van der Waals surface area contributed by atoms with E-state index in [1.807, 2.05) is 25.1 Å². The van der Waals surface area contributed by atoms with Crippen molar-refractivity contribution in [3.05, 3.63) is 40.7 Å². The van der Waals surface area contributed by atoms with Gasteiger partial charge in [-0.15, -0.1) is 11.3 Å². The van der Waals surface area contributed by atoms with Gasteiger partial charge in [-0.1, -0.05) is 13.5 Å². The van der Waals surface area contributed by atoms with Crippen LogP contribution in [-0.2, 0) is 6.42 Å². The zero-order valence-electron chi connectivity index (χ0n) is 11.3. The van der Waals surface area contributed by atoms with Crippen molar-refractivity contribution in [2.24, 2.45) is 0 Å². The van der Waals surface area contributed by atoms with Crippen molar-refractivity contribution in [2.45, 2.75) is 20.3 Å². The first-order valence-electron chi connectivity index (χ1n) is 6.21. The third-order valence-electron chi connectivity index (χ3n) is 2.63. The lowest BCUT2D eigenvalue weighted by Crippen LogP contribution is -2.00. The summed E-state index contributed by atoms with van der Waals surface area (Å²) >= 11 is 1.67. The molecule has 0 saturated carbocycles. The Labute approximate surface area is 117 Å². The first kappa shape index (κ1) is 13.6. The van der Waals surface area contributed by atoms with Crippen molar-refractivity contribution in [3.8, 4) is 17.0 Å². The van der Waals surface area contributed by atoms with E-state index in [9.17, 15) is 0 Å². The van der Waals surface area contributed by atoms with E-state index in [0.717, 1.165) is 28.3 Å². The number of aromatic nitrogens is 1. The maximum absolute atomic E-state index is 6.01. The minimum Gasteiger partial charge on any atom is -0.487 e. The zero-order chi connectivity index (χ0) is 13.8. The van der Waals surface area contributed by atoms with Crippen LogP contribution in [0, 0.1) is 0 Å². The molecular weight excluding hydrogens is 256 g/mol. The highest BCUT2D eigenvalue weighted by molar-refractivity contribution is 7.09. The second-order valence-corrected chi connectivity index (χ2v) is 5.42. The highest BCUT2D eigenvalue weighted by atomic mass is 32.1. The molecule has 0 aliphatic carbocycles. The Kier molecular flexibility index (Phi) is 4.22. The van der Waals surface area contributed by atoms with E-state index in [1.165, 1.54) is 0 Å². The maximum Gasteiger partial charge on any atom is 0.142 e. The molecule has 3 nitrogen and oxygen atoms in total. The van der Waals surface area contributed by atoms with Crippen LogP contribution in [0.1, 0.15) is 18.9 Å². The Bertz CT molecular complexity index is 590. The van der Waals surface area contributed by atoms with Crippen LogP contribution in [0.3, 0.4) is 0 Å². The molecule has 1 aromatic heterocycles. The van der Waals surface area contributed by atoms with E-state index in [0.29, 0.717) is 18.0 Å². The summed E-state index contributed by atoms with van der Waals surface area (Å²) < 4.78 is 5.57. The molecule has 0 aliphatic rings. The predicted octanol–water partition coefficient (Wildman–Crippen LogP) is 3.91. The third-order valence-corrected chi connectivity index (χ3v) is 3.63. The molecule has 19 heavy (non-hydrogen) atoms. The van der Waals surface area contributed by atoms with Gasteiger partial charge in [0, 0.05) is 10.9 Å². The Morgan fingerprint density at radius 1 is 1.47 bits per heavy atom. The summed E-state index contributed by atoms with van der Waals surface area (Å²) in [4.78, 5) is 4.55. The van der Waals surface area contributed by atoms with Gasteiger partial charge in [-0.05, 0) is 37.1 Å². The molecule has 4 heteroatoms. The van der Waals surface area contributed by atoms with E-state index >= 15 is 0 Å². The highest BCUT2D eigenvalue weighted by Crippen LogP contribution is 2.29. The van der Waals surface area contributed by atoms with Gasteiger partial charge in [-0.3, -0.25) is 0 Å². The number of ether oxygens (including phenoxy) is 1. The SMILES string of the molecule is C=C(C)COc1ccc(-c2csc(CC)n2)cc1N. The molecule has 2 rings (SSSR count). The molecule has 0 spiro atoms. The lowest BCUT2D eigenvalue weighted by atomic mass is 10.1. The Morgan fingerprint density at radius 2 is 2.26 bits per heavy atom. The first-order valence-corrected chi connectivity index (χ1v) is 7.09. The van der Waals surface area contributed by atoms with Gasteiger partial charge < -0.3 is 10.5 Å². The standard InChI is InChI=1S/C15H18N2OS/c1-4-15-17-13(9-19-15)11-5-6-14(12(16)7-11)18-8-10(2)3/h5-7,9H,2,4,8,16H2,1,3H3. The van der Waals surface area contributed by atoms with Crippen LogP contribution in [0.4, 0.5) is 5.69 Å². The fourth-order valence-electron chi connectivity index (χ4n) is 1.65. The van der Waals surface area contributed by atoms with Crippen LogP contribution in [0.2, 0.25) is 0 Å². The number of thiazole rings is 1. The molecule has 0 saturated heterocycles. The molecule has 0 atom stereocenters. The summed E-state index contributed by atoms with van der Waals surface area (Å²) in [5, 5.41) is 3.19. The molecule has 2 aromatic rings. The second-order valence-electron chi connectivity index (χ2n) is 4.48. The highest BCUT2D eigenvalue weighted by Gasteiger charge is 2.07. The van der Waals surface area contributed by atoms with Gasteiger partial charge in [-0.25, -0.2) is 4.98 Å². The number of nitrogen functional groups attached to an aromatic ring is 1. The van der Waals surface area contributed by atoms with Gasteiger partial charge in [0.15, 0.2) is 0 Å². The Balaban J connectivity index is 2.20. The summed E-state index contributed by atoms with van der Waals surface area (Å²) in [5.74, 6) is 0.692. The van der Waals surface area contributed by atoms with Crippen LogP contribution in [0.5, 0.6) is 5.75 Å². The minimum absolute atomic E-state index is 0.486.